The third kappa shape index (κ3) is 3.09. The molecule has 0 spiro atoms. The van der Waals surface area contributed by atoms with Crippen molar-refractivity contribution in [1.82, 2.24) is 10.2 Å². The van der Waals surface area contributed by atoms with Gasteiger partial charge in [-0.25, -0.2) is 4.79 Å². The number of hydrogen-bond donors (Lipinski definition) is 2. The van der Waals surface area contributed by atoms with Gasteiger partial charge in [0.2, 0.25) is 11.8 Å². The van der Waals surface area contributed by atoms with Crippen LogP contribution >= 0.6 is 0 Å². The van der Waals surface area contributed by atoms with E-state index in [9.17, 15) is 14.4 Å². The van der Waals surface area contributed by atoms with Crippen molar-refractivity contribution in [2.45, 2.75) is 12.5 Å². The summed E-state index contributed by atoms with van der Waals surface area (Å²) in [5, 5.41) is 11.5. The standard InChI is InChI=1S/C13H14N2O4/c16-11-8-15(10(7-14-11)13(18)19)12(17)6-9-4-2-1-3-5-9/h1-5,10H,6-8H2,(H,14,16)(H,18,19). The van der Waals surface area contributed by atoms with Crippen molar-refractivity contribution in [3.05, 3.63) is 35.9 Å². The van der Waals surface area contributed by atoms with Crippen molar-refractivity contribution >= 4 is 17.8 Å². The molecule has 2 N–H and O–H groups in total. The smallest absolute Gasteiger partial charge is 0.328 e. The normalized spacial score (nSPS) is 18.8. The molecule has 1 saturated heterocycles. The summed E-state index contributed by atoms with van der Waals surface area (Å²) in [4.78, 5) is 35.6. The van der Waals surface area contributed by atoms with Gasteiger partial charge in [0.05, 0.1) is 6.42 Å². The summed E-state index contributed by atoms with van der Waals surface area (Å²) >= 11 is 0. The zero-order chi connectivity index (χ0) is 13.8. The van der Waals surface area contributed by atoms with Crippen LogP contribution in [0, 0.1) is 0 Å². The van der Waals surface area contributed by atoms with Crippen molar-refractivity contribution in [3.8, 4) is 0 Å². The fourth-order valence-electron chi connectivity index (χ4n) is 2.00. The predicted molar refractivity (Wildman–Crippen MR) is 66.3 cm³/mol. The summed E-state index contributed by atoms with van der Waals surface area (Å²) in [5.74, 6) is -1.80. The molecule has 100 valence electrons. The molecule has 1 heterocycles. The Morgan fingerprint density at radius 3 is 2.63 bits per heavy atom. The van der Waals surface area contributed by atoms with Crippen molar-refractivity contribution in [1.29, 1.82) is 0 Å². The minimum Gasteiger partial charge on any atom is -0.480 e. The van der Waals surface area contributed by atoms with E-state index in [-0.39, 0.29) is 31.3 Å². The minimum atomic E-state index is -1.11. The van der Waals surface area contributed by atoms with Crippen molar-refractivity contribution in [2.24, 2.45) is 0 Å². The Kier molecular flexibility index (Phi) is 3.79. The molecule has 1 fully saturated rings. The molecule has 2 amide bonds. The molecule has 19 heavy (non-hydrogen) atoms. The lowest BCUT2D eigenvalue weighted by Crippen LogP contribution is -2.59. The molecule has 1 unspecified atom stereocenters. The third-order valence-electron chi connectivity index (χ3n) is 2.99. The molecule has 6 heteroatoms. The van der Waals surface area contributed by atoms with Crippen LogP contribution in [0.3, 0.4) is 0 Å². The van der Waals surface area contributed by atoms with E-state index in [1.807, 2.05) is 6.07 Å². The highest BCUT2D eigenvalue weighted by molar-refractivity contribution is 5.91. The highest BCUT2D eigenvalue weighted by Crippen LogP contribution is 2.09. The second-order valence-corrected chi connectivity index (χ2v) is 4.34. The Balaban J connectivity index is 2.11. The fourth-order valence-corrected chi connectivity index (χ4v) is 2.00. The van der Waals surface area contributed by atoms with Crippen LogP contribution in [0.2, 0.25) is 0 Å². The highest BCUT2D eigenvalue weighted by atomic mass is 16.4. The molecule has 2 rings (SSSR count). The number of carbonyl (C=O) groups excluding carboxylic acids is 2. The number of nitrogens with zero attached hydrogens (tertiary/aromatic N) is 1. The molecule has 1 aliphatic heterocycles. The van der Waals surface area contributed by atoms with Crippen LogP contribution in [0.4, 0.5) is 0 Å². The van der Waals surface area contributed by atoms with E-state index in [2.05, 4.69) is 5.32 Å². The van der Waals surface area contributed by atoms with Gasteiger partial charge in [0.15, 0.2) is 0 Å². The molecule has 0 saturated carbocycles. The number of carboxylic acid groups (broad SMARTS) is 1. The third-order valence-corrected chi connectivity index (χ3v) is 2.99. The van der Waals surface area contributed by atoms with E-state index in [1.54, 1.807) is 24.3 Å². The van der Waals surface area contributed by atoms with Gasteiger partial charge in [0.1, 0.15) is 12.6 Å². The summed E-state index contributed by atoms with van der Waals surface area (Å²) in [5.41, 5.74) is 0.794. The number of benzene rings is 1. The summed E-state index contributed by atoms with van der Waals surface area (Å²) in [7, 11) is 0. The van der Waals surface area contributed by atoms with Gasteiger partial charge in [-0.2, -0.15) is 0 Å². The van der Waals surface area contributed by atoms with Gasteiger partial charge in [0, 0.05) is 6.54 Å². The first-order valence-electron chi connectivity index (χ1n) is 5.91. The van der Waals surface area contributed by atoms with Gasteiger partial charge >= 0.3 is 5.97 Å². The maximum absolute atomic E-state index is 12.1. The Bertz CT molecular complexity index is 501. The summed E-state index contributed by atoms with van der Waals surface area (Å²) < 4.78 is 0. The van der Waals surface area contributed by atoms with Crippen molar-refractivity contribution in [3.63, 3.8) is 0 Å². The summed E-state index contributed by atoms with van der Waals surface area (Å²) in [6, 6.07) is 8.03. The first kappa shape index (κ1) is 13.1. The number of carbonyl (C=O) groups is 3. The molecule has 1 atom stereocenters. The van der Waals surface area contributed by atoms with Crippen LogP contribution in [-0.4, -0.2) is 46.9 Å². The number of aliphatic carboxylic acids is 1. The monoisotopic (exact) mass is 262 g/mol. The maximum Gasteiger partial charge on any atom is 0.328 e. The minimum absolute atomic E-state index is 0.0469. The SMILES string of the molecule is O=C1CN(C(=O)Cc2ccccc2)C(C(=O)O)CN1. The molecule has 0 aromatic heterocycles. The molecule has 6 nitrogen and oxygen atoms in total. The first-order chi connectivity index (χ1) is 9.08. The van der Waals surface area contributed by atoms with Crippen LogP contribution in [0.15, 0.2) is 30.3 Å². The number of amides is 2. The van der Waals surface area contributed by atoms with Crippen molar-refractivity contribution < 1.29 is 19.5 Å². The van der Waals surface area contributed by atoms with E-state index in [1.165, 1.54) is 0 Å². The second kappa shape index (κ2) is 5.51. The lowest BCUT2D eigenvalue weighted by Gasteiger charge is -2.32. The van der Waals surface area contributed by atoms with Gasteiger partial charge in [-0.05, 0) is 5.56 Å². The number of nitrogens with one attached hydrogen (secondary N) is 1. The van der Waals surface area contributed by atoms with Gasteiger partial charge in [-0.1, -0.05) is 30.3 Å². The topological polar surface area (TPSA) is 86.7 Å². The van der Waals surface area contributed by atoms with Crippen LogP contribution in [0.1, 0.15) is 5.56 Å². The number of carboxylic acids is 1. The molecular formula is C13H14N2O4. The van der Waals surface area contributed by atoms with Gasteiger partial charge in [0.25, 0.3) is 0 Å². The van der Waals surface area contributed by atoms with E-state index in [0.717, 1.165) is 10.5 Å². The zero-order valence-corrected chi connectivity index (χ0v) is 10.2. The molecule has 1 aromatic rings. The highest BCUT2D eigenvalue weighted by Gasteiger charge is 2.34. The molecule has 0 aliphatic carbocycles. The quantitative estimate of drug-likeness (QED) is 0.779. The van der Waals surface area contributed by atoms with Crippen LogP contribution in [0.25, 0.3) is 0 Å². The van der Waals surface area contributed by atoms with Gasteiger partial charge < -0.3 is 15.3 Å². The lowest BCUT2D eigenvalue weighted by atomic mass is 10.1. The maximum atomic E-state index is 12.1. The molecule has 0 bridgehead atoms. The number of rotatable bonds is 3. The van der Waals surface area contributed by atoms with Gasteiger partial charge in [-0.15, -0.1) is 0 Å². The zero-order valence-electron chi connectivity index (χ0n) is 10.2. The lowest BCUT2D eigenvalue weighted by molar-refractivity contribution is -0.153. The number of hydrogen-bond acceptors (Lipinski definition) is 3. The number of piperazine rings is 1. The molecule has 0 radical (unpaired) electrons. The summed E-state index contributed by atoms with van der Waals surface area (Å²) in [6.07, 6.45) is 0.0951. The van der Waals surface area contributed by atoms with E-state index in [0.29, 0.717) is 0 Å². The predicted octanol–water partition coefficient (Wildman–Crippen LogP) is -0.359. The van der Waals surface area contributed by atoms with Crippen LogP contribution in [0.5, 0.6) is 0 Å². The average molecular weight is 262 g/mol. The average Bonchev–Trinajstić information content (AvgIpc) is 2.39. The van der Waals surface area contributed by atoms with E-state index < -0.39 is 12.0 Å². The Labute approximate surface area is 110 Å². The Hall–Kier alpha value is -2.37. The van der Waals surface area contributed by atoms with E-state index >= 15 is 0 Å². The Morgan fingerprint density at radius 1 is 1.32 bits per heavy atom. The Morgan fingerprint density at radius 2 is 2.00 bits per heavy atom. The fraction of sp³-hybridized carbons (Fsp3) is 0.308. The first-order valence-corrected chi connectivity index (χ1v) is 5.91. The summed E-state index contributed by atoms with van der Waals surface area (Å²) in [6.45, 7) is -0.253. The molecule has 1 aliphatic rings. The van der Waals surface area contributed by atoms with Crippen LogP contribution < -0.4 is 5.32 Å². The molecule has 1 aromatic carbocycles. The second-order valence-electron chi connectivity index (χ2n) is 4.34. The van der Waals surface area contributed by atoms with Gasteiger partial charge in [-0.3, -0.25) is 9.59 Å². The van der Waals surface area contributed by atoms with Crippen LogP contribution in [-0.2, 0) is 20.8 Å². The van der Waals surface area contributed by atoms with Crippen molar-refractivity contribution in [2.75, 3.05) is 13.1 Å². The largest absolute Gasteiger partial charge is 0.480 e. The molecular weight excluding hydrogens is 248 g/mol. The van der Waals surface area contributed by atoms with E-state index in [4.69, 9.17) is 5.11 Å².